The summed E-state index contributed by atoms with van der Waals surface area (Å²) >= 11 is 0. The molecule has 80 valence electrons. The van der Waals surface area contributed by atoms with Gasteiger partial charge >= 0.3 is 0 Å². The molecule has 0 saturated heterocycles. The first kappa shape index (κ1) is 12.9. The molecule has 0 aromatic carbocycles. The Kier molecular flexibility index (Phi) is 8.46. The van der Waals surface area contributed by atoms with Crippen LogP contribution in [0.15, 0.2) is 0 Å². The van der Waals surface area contributed by atoms with Crippen LogP contribution in [0, 0.1) is 0 Å². The van der Waals surface area contributed by atoms with Gasteiger partial charge in [0, 0.05) is 6.04 Å². The number of aliphatic hydroxyl groups is 1. The highest BCUT2D eigenvalue weighted by Crippen LogP contribution is 2.04. The minimum absolute atomic E-state index is 0.285. The SMILES string of the molecule is CCCCN(CCCC)[C@@H](C)CO. The minimum atomic E-state index is 0.285. The minimum Gasteiger partial charge on any atom is -0.395 e. The Balaban J connectivity index is 3.72. The summed E-state index contributed by atoms with van der Waals surface area (Å²) in [6.07, 6.45) is 4.96. The van der Waals surface area contributed by atoms with Crippen molar-refractivity contribution < 1.29 is 5.11 Å². The van der Waals surface area contributed by atoms with Gasteiger partial charge in [-0.05, 0) is 32.9 Å². The van der Waals surface area contributed by atoms with Crippen LogP contribution >= 0.6 is 0 Å². The molecule has 0 aromatic heterocycles. The topological polar surface area (TPSA) is 23.5 Å². The van der Waals surface area contributed by atoms with Crippen LogP contribution in [0.3, 0.4) is 0 Å². The molecule has 0 rings (SSSR count). The maximum Gasteiger partial charge on any atom is 0.0584 e. The summed E-state index contributed by atoms with van der Waals surface area (Å²) in [6, 6.07) is 0.332. The van der Waals surface area contributed by atoms with Gasteiger partial charge in [0.25, 0.3) is 0 Å². The number of hydrogen-bond donors (Lipinski definition) is 1. The van der Waals surface area contributed by atoms with Crippen molar-refractivity contribution in [2.45, 2.75) is 52.5 Å². The van der Waals surface area contributed by atoms with E-state index >= 15 is 0 Å². The van der Waals surface area contributed by atoms with E-state index in [2.05, 4.69) is 25.7 Å². The lowest BCUT2D eigenvalue weighted by Gasteiger charge is -2.27. The van der Waals surface area contributed by atoms with Gasteiger partial charge < -0.3 is 5.11 Å². The van der Waals surface area contributed by atoms with Crippen LogP contribution in [-0.4, -0.2) is 35.7 Å². The average molecular weight is 187 g/mol. The molecule has 0 spiro atoms. The quantitative estimate of drug-likeness (QED) is 0.630. The van der Waals surface area contributed by atoms with Crippen molar-refractivity contribution in [3.8, 4) is 0 Å². The van der Waals surface area contributed by atoms with Gasteiger partial charge in [-0.15, -0.1) is 0 Å². The van der Waals surface area contributed by atoms with E-state index in [1.165, 1.54) is 25.7 Å². The van der Waals surface area contributed by atoms with Gasteiger partial charge in [-0.3, -0.25) is 4.90 Å². The molecule has 0 saturated carbocycles. The molecule has 0 bridgehead atoms. The highest BCUT2D eigenvalue weighted by molar-refractivity contribution is 4.65. The summed E-state index contributed by atoms with van der Waals surface area (Å²) in [6.45, 7) is 9.08. The number of nitrogens with zero attached hydrogens (tertiary/aromatic N) is 1. The highest BCUT2D eigenvalue weighted by Gasteiger charge is 2.10. The zero-order chi connectivity index (χ0) is 10.1. The van der Waals surface area contributed by atoms with E-state index in [4.69, 9.17) is 5.11 Å². The average Bonchev–Trinajstić information content (AvgIpc) is 2.17. The second-order valence-corrected chi connectivity index (χ2v) is 3.77. The lowest BCUT2D eigenvalue weighted by molar-refractivity contribution is 0.131. The Morgan fingerprint density at radius 1 is 1.08 bits per heavy atom. The standard InChI is InChI=1S/C11H25NO/c1-4-6-8-12(9-7-5-2)11(3)10-13/h11,13H,4-10H2,1-3H3/t11-/m0/s1. The molecule has 0 unspecified atom stereocenters. The largest absolute Gasteiger partial charge is 0.395 e. The Labute approximate surface area is 82.9 Å². The molecule has 13 heavy (non-hydrogen) atoms. The molecule has 0 aliphatic carbocycles. The Hall–Kier alpha value is -0.0800. The molecule has 1 N–H and O–H groups in total. The number of aliphatic hydroxyl groups excluding tert-OH is 1. The molecule has 0 aliphatic rings. The molecule has 0 fully saturated rings. The molecule has 0 amide bonds. The first-order chi connectivity index (χ1) is 6.26. The summed E-state index contributed by atoms with van der Waals surface area (Å²) in [5, 5.41) is 9.06. The van der Waals surface area contributed by atoms with Crippen molar-refractivity contribution in [3.63, 3.8) is 0 Å². The first-order valence-corrected chi connectivity index (χ1v) is 5.61. The predicted octanol–water partition coefficient (Wildman–Crippen LogP) is 2.27. The van der Waals surface area contributed by atoms with Crippen molar-refractivity contribution in [1.82, 2.24) is 4.90 Å². The molecule has 2 nitrogen and oxygen atoms in total. The van der Waals surface area contributed by atoms with Crippen molar-refractivity contribution in [2.24, 2.45) is 0 Å². The second-order valence-electron chi connectivity index (χ2n) is 3.77. The van der Waals surface area contributed by atoms with E-state index in [1.807, 2.05) is 0 Å². The van der Waals surface area contributed by atoms with Crippen LogP contribution in [0.4, 0.5) is 0 Å². The Morgan fingerprint density at radius 3 is 1.85 bits per heavy atom. The maximum atomic E-state index is 9.06. The molecule has 0 aliphatic heterocycles. The first-order valence-electron chi connectivity index (χ1n) is 5.61. The number of hydrogen-bond acceptors (Lipinski definition) is 2. The van der Waals surface area contributed by atoms with E-state index in [0.29, 0.717) is 6.04 Å². The van der Waals surface area contributed by atoms with Crippen molar-refractivity contribution >= 4 is 0 Å². The van der Waals surface area contributed by atoms with E-state index in [0.717, 1.165) is 13.1 Å². The Morgan fingerprint density at radius 2 is 1.54 bits per heavy atom. The van der Waals surface area contributed by atoms with Gasteiger partial charge in [-0.1, -0.05) is 26.7 Å². The second kappa shape index (κ2) is 8.52. The summed E-state index contributed by atoms with van der Waals surface area (Å²) in [7, 11) is 0. The lowest BCUT2D eigenvalue weighted by atomic mass is 10.2. The van der Waals surface area contributed by atoms with E-state index in [9.17, 15) is 0 Å². The van der Waals surface area contributed by atoms with Gasteiger partial charge in [-0.25, -0.2) is 0 Å². The predicted molar refractivity (Wildman–Crippen MR) is 57.9 cm³/mol. The maximum absolute atomic E-state index is 9.06. The van der Waals surface area contributed by atoms with Gasteiger partial charge in [0.05, 0.1) is 6.61 Å². The third-order valence-corrected chi connectivity index (χ3v) is 2.49. The van der Waals surface area contributed by atoms with Crippen LogP contribution in [0.25, 0.3) is 0 Å². The summed E-state index contributed by atoms with van der Waals surface area (Å²) < 4.78 is 0. The van der Waals surface area contributed by atoms with E-state index < -0.39 is 0 Å². The smallest absolute Gasteiger partial charge is 0.0584 e. The molecule has 0 aromatic rings. The van der Waals surface area contributed by atoms with Crippen LogP contribution in [0.2, 0.25) is 0 Å². The zero-order valence-electron chi connectivity index (χ0n) is 9.42. The molecular formula is C11H25NO. The molecular weight excluding hydrogens is 162 g/mol. The van der Waals surface area contributed by atoms with Crippen LogP contribution in [-0.2, 0) is 0 Å². The summed E-state index contributed by atoms with van der Waals surface area (Å²) in [5.41, 5.74) is 0. The summed E-state index contributed by atoms with van der Waals surface area (Å²) in [4.78, 5) is 2.40. The van der Waals surface area contributed by atoms with Crippen molar-refractivity contribution in [3.05, 3.63) is 0 Å². The summed E-state index contributed by atoms with van der Waals surface area (Å²) in [5.74, 6) is 0. The molecule has 1 atom stereocenters. The highest BCUT2D eigenvalue weighted by atomic mass is 16.3. The van der Waals surface area contributed by atoms with E-state index in [-0.39, 0.29) is 6.61 Å². The normalized spacial score (nSPS) is 13.6. The fourth-order valence-corrected chi connectivity index (χ4v) is 1.39. The van der Waals surface area contributed by atoms with Gasteiger partial charge in [0.1, 0.15) is 0 Å². The molecule has 0 heterocycles. The van der Waals surface area contributed by atoms with E-state index in [1.54, 1.807) is 0 Å². The van der Waals surface area contributed by atoms with Gasteiger partial charge in [0.15, 0.2) is 0 Å². The third-order valence-electron chi connectivity index (χ3n) is 2.49. The lowest BCUT2D eigenvalue weighted by Crippen LogP contribution is -2.37. The zero-order valence-corrected chi connectivity index (χ0v) is 9.42. The van der Waals surface area contributed by atoms with Crippen molar-refractivity contribution in [1.29, 1.82) is 0 Å². The number of unbranched alkanes of at least 4 members (excludes halogenated alkanes) is 2. The van der Waals surface area contributed by atoms with Crippen molar-refractivity contribution in [2.75, 3.05) is 19.7 Å². The number of rotatable bonds is 8. The fraction of sp³-hybridized carbons (Fsp3) is 1.00. The van der Waals surface area contributed by atoms with Gasteiger partial charge in [-0.2, -0.15) is 0 Å². The van der Waals surface area contributed by atoms with Gasteiger partial charge in [0.2, 0.25) is 0 Å². The Bertz CT molecular complexity index is 98.3. The molecule has 0 radical (unpaired) electrons. The fourth-order valence-electron chi connectivity index (χ4n) is 1.39. The van der Waals surface area contributed by atoms with Crippen LogP contribution in [0.5, 0.6) is 0 Å². The molecule has 2 heteroatoms. The monoisotopic (exact) mass is 187 g/mol. The third kappa shape index (κ3) is 6.05. The van der Waals surface area contributed by atoms with Crippen LogP contribution in [0.1, 0.15) is 46.5 Å². The van der Waals surface area contributed by atoms with Crippen LogP contribution < -0.4 is 0 Å².